The third kappa shape index (κ3) is 4.21. The Balaban J connectivity index is 1.29. The fourth-order valence-corrected chi connectivity index (χ4v) is 6.09. The summed E-state index contributed by atoms with van der Waals surface area (Å²) in [5.74, 6) is -0.420. The molecule has 0 N–H and O–H groups in total. The Kier molecular flexibility index (Phi) is 6.42. The number of hydrogen-bond donors (Lipinski definition) is 0. The highest BCUT2D eigenvalue weighted by molar-refractivity contribution is 7.10. The van der Waals surface area contributed by atoms with Crippen LogP contribution in [-0.4, -0.2) is 57.4 Å². The molecule has 8 nitrogen and oxygen atoms in total. The van der Waals surface area contributed by atoms with Crippen molar-refractivity contribution in [1.29, 1.82) is 0 Å². The van der Waals surface area contributed by atoms with Gasteiger partial charge in [-0.1, -0.05) is 12.1 Å². The van der Waals surface area contributed by atoms with E-state index >= 15 is 0 Å². The normalized spacial score (nSPS) is 17.0. The van der Waals surface area contributed by atoms with Gasteiger partial charge in [0.25, 0.3) is 11.8 Å². The Morgan fingerprint density at radius 2 is 1.92 bits per heavy atom. The third-order valence-electron chi connectivity index (χ3n) is 7.49. The van der Waals surface area contributed by atoms with Gasteiger partial charge in [-0.15, -0.1) is 11.3 Å². The van der Waals surface area contributed by atoms with E-state index in [9.17, 15) is 14.4 Å². The molecule has 0 bridgehead atoms. The summed E-state index contributed by atoms with van der Waals surface area (Å²) < 4.78 is 1.69. The Hall–Kier alpha value is -3.46. The molecule has 0 unspecified atom stereocenters. The number of anilines is 1. The fraction of sp³-hybridized carbons (Fsp3) is 0.407. The number of imide groups is 1. The summed E-state index contributed by atoms with van der Waals surface area (Å²) >= 11 is 1.66. The molecule has 1 saturated heterocycles. The maximum atomic E-state index is 13.4. The molecule has 3 aromatic rings. The number of aryl methyl sites for hydroxylation is 2. The predicted octanol–water partition coefficient (Wildman–Crippen LogP) is 4.02. The second-order valence-electron chi connectivity index (χ2n) is 9.71. The smallest absolute Gasteiger partial charge is 0.263 e. The van der Waals surface area contributed by atoms with E-state index in [1.165, 1.54) is 9.78 Å². The number of aromatic nitrogens is 2. The molecule has 188 valence electrons. The molecule has 1 fully saturated rings. The Bertz CT molecular complexity index is 1310. The van der Waals surface area contributed by atoms with Crippen LogP contribution in [0.1, 0.15) is 62.7 Å². The minimum Gasteiger partial charge on any atom is -0.371 e. The van der Waals surface area contributed by atoms with Crippen molar-refractivity contribution in [1.82, 2.24) is 19.6 Å². The molecule has 1 atom stereocenters. The van der Waals surface area contributed by atoms with Crippen molar-refractivity contribution >= 4 is 34.7 Å². The lowest BCUT2D eigenvalue weighted by molar-refractivity contribution is -0.136. The first-order chi connectivity index (χ1) is 17.3. The van der Waals surface area contributed by atoms with Crippen LogP contribution in [0.4, 0.5) is 5.69 Å². The lowest BCUT2D eigenvalue weighted by Crippen LogP contribution is -2.42. The van der Waals surface area contributed by atoms with Crippen LogP contribution in [0.2, 0.25) is 0 Å². The third-order valence-corrected chi connectivity index (χ3v) is 8.53. The van der Waals surface area contributed by atoms with Crippen LogP contribution in [0.5, 0.6) is 0 Å². The number of nitrogens with zero attached hydrogens (tertiary/aromatic N) is 5. The van der Waals surface area contributed by atoms with Gasteiger partial charge in [0.1, 0.15) is 0 Å². The Labute approximate surface area is 215 Å². The van der Waals surface area contributed by atoms with E-state index in [0.29, 0.717) is 37.1 Å². The van der Waals surface area contributed by atoms with Gasteiger partial charge in [0.05, 0.1) is 35.1 Å². The zero-order valence-electron chi connectivity index (χ0n) is 21.1. The maximum Gasteiger partial charge on any atom is 0.263 e. The summed E-state index contributed by atoms with van der Waals surface area (Å²) in [5, 5.41) is 6.36. The highest BCUT2D eigenvalue weighted by atomic mass is 32.1. The van der Waals surface area contributed by atoms with Crippen molar-refractivity contribution in [3.05, 3.63) is 69.2 Å². The molecule has 2 aliphatic rings. The van der Waals surface area contributed by atoms with E-state index < -0.39 is 0 Å². The van der Waals surface area contributed by atoms with Gasteiger partial charge in [-0.25, -0.2) is 0 Å². The molecule has 2 aliphatic heterocycles. The highest BCUT2D eigenvalue weighted by Gasteiger charge is 2.39. The van der Waals surface area contributed by atoms with E-state index in [4.69, 9.17) is 0 Å². The minimum absolute atomic E-state index is 0.0472. The molecule has 0 spiro atoms. The number of hydrogen-bond acceptors (Lipinski definition) is 6. The quantitative estimate of drug-likeness (QED) is 0.473. The van der Waals surface area contributed by atoms with E-state index in [2.05, 4.69) is 23.0 Å². The first kappa shape index (κ1) is 24.2. The molecule has 0 saturated carbocycles. The van der Waals surface area contributed by atoms with Crippen LogP contribution >= 0.6 is 11.3 Å². The number of piperidine rings is 1. The van der Waals surface area contributed by atoms with Gasteiger partial charge in [-0.2, -0.15) is 5.10 Å². The molecule has 5 rings (SSSR count). The van der Waals surface area contributed by atoms with Gasteiger partial charge in [0, 0.05) is 49.7 Å². The highest BCUT2D eigenvalue weighted by Crippen LogP contribution is 2.35. The zero-order chi connectivity index (χ0) is 25.6. The average Bonchev–Trinajstić information content (AvgIpc) is 3.59. The summed E-state index contributed by atoms with van der Waals surface area (Å²) in [6.07, 6.45) is 3.27. The lowest BCUT2D eigenvalue weighted by atomic mass is 9.93. The number of benzene rings is 1. The van der Waals surface area contributed by atoms with Gasteiger partial charge in [0.2, 0.25) is 5.91 Å². The molecule has 1 aromatic carbocycles. The van der Waals surface area contributed by atoms with Crippen molar-refractivity contribution < 1.29 is 14.4 Å². The SMILES string of the molecule is Cc1nn(C)cc1CN1C(=O)c2cccc(N3CCC(C(=O)N(C)[C@H](C)c4cccs4)CC3)c2C1=O. The first-order valence-electron chi connectivity index (χ1n) is 12.3. The second-order valence-corrected chi connectivity index (χ2v) is 10.7. The summed E-state index contributed by atoms with van der Waals surface area (Å²) in [4.78, 5) is 46.3. The van der Waals surface area contributed by atoms with Gasteiger partial charge in [0.15, 0.2) is 0 Å². The topological polar surface area (TPSA) is 78.8 Å². The average molecular weight is 506 g/mol. The largest absolute Gasteiger partial charge is 0.371 e. The molecular weight excluding hydrogens is 474 g/mol. The standard InChI is InChI=1S/C27H31N5O3S/c1-17-20(15-29(3)28-17)16-32-26(34)21-7-5-8-22(24(21)27(32)35)31-12-10-19(11-13-31)25(33)30(4)18(2)23-9-6-14-36-23/h5-9,14-15,18-19H,10-13,16H2,1-4H3/t18-/m1/s1. The number of carbonyl (C=O) groups excluding carboxylic acids is 3. The lowest BCUT2D eigenvalue weighted by Gasteiger charge is -2.36. The first-order valence-corrected chi connectivity index (χ1v) is 13.2. The van der Waals surface area contributed by atoms with Crippen LogP contribution in [0.25, 0.3) is 0 Å². The summed E-state index contributed by atoms with van der Waals surface area (Å²) in [5.41, 5.74) is 3.36. The van der Waals surface area contributed by atoms with E-state index in [1.807, 2.05) is 55.7 Å². The summed E-state index contributed by atoms with van der Waals surface area (Å²) in [6.45, 7) is 5.47. The van der Waals surface area contributed by atoms with Crippen molar-refractivity contribution in [3.63, 3.8) is 0 Å². The Morgan fingerprint density at radius 1 is 1.17 bits per heavy atom. The molecule has 36 heavy (non-hydrogen) atoms. The van der Waals surface area contributed by atoms with E-state index in [-0.39, 0.29) is 36.2 Å². The van der Waals surface area contributed by atoms with Crippen LogP contribution in [0, 0.1) is 12.8 Å². The molecule has 9 heteroatoms. The predicted molar refractivity (Wildman–Crippen MR) is 139 cm³/mol. The van der Waals surface area contributed by atoms with E-state index in [1.54, 1.807) is 22.1 Å². The van der Waals surface area contributed by atoms with Crippen LogP contribution in [-0.2, 0) is 18.4 Å². The molecule has 2 aromatic heterocycles. The number of rotatable bonds is 6. The summed E-state index contributed by atoms with van der Waals surface area (Å²) in [6, 6.07) is 9.60. The summed E-state index contributed by atoms with van der Waals surface area (Å²) in [7, 11) is 3.71. The van der Waals surface area contributed by atoms with Crippen molar-refractivity contribution in [3.8, 4) is 0 Å². The number of thiophene rings is 1. The molecule has 0 radical (unpaired) electrons. The van der Waals surface area contributed by atoms with Crippen LogP contribution in [0.15, 0.2) is 41.9 Å². The Morgan fingerprint density at radius 3 is 2.56 bits per heavy atom. The zero-order valence-corrected chi connectivity index (χ0v) is 21.9. The fourth-order valence-electron chi connectivity index (χ4n) is 5.26. The molecule has 4 heterocycles. The van der Waals surface area contributed by atoms with E-state index in [0.717, 1.165) is 16.9 Å². The molecule has 0 aliphatic carbocycles. The minimum atomic E-state index is -0.269. The van der Waals surface area contributed by atoms with Gasteiger partial charge >= 0.3 is 0 Å². The second kappa shape index (κ2) is 9.54. The number of fused-ring (bicyclic) bond motifs is 1. The van der Waals surface area contributed by atoms with Gasteiger partial charge in [-0.3, -0.25) is 24.0 Å². The maximum absolute atomic E-state index is 13.4. The van der Waals surface area contributed by atoms with Crippen molar-refractivity contribution in [2.75, 3.05) is 25.0 Å². The number of amides is 3. The van der Waals surface area contributed by atoms with Crippen LogP contribution < -0.4 is 4.90 Å². The molecular formula is C27H31N5O3S. The van der Waals surface area contributed by atoms with Gasteiger partial charge in [-0.05, 0) is 50.3 Å². The molecule has 3 amide bonds. The monoisotopic (exact) mass is 505 g/mol. The van der Waals surface area contributed by atoms with Crippen LogP contribution in [0.3, 0.4) is 0 Å². The number of carbonyl (C=O) groups is 3. The van der Waals surface area contributed by atoms with Crippen molar-refractivity contribution in [2.45, 2.75) is 39.3 Å². The van der Waals surface area contributed by atoms with Crippen molar-refractivity contribution in [2.24, 2.45) is 13.0 Å². The van der Waals surface area contributed by atoms with Gasteiger partial charge < -0.3 is 9.80 Å².